The third kappa shape index (κ3) is 3.87. The highest BCUT2D eigenvalue weighted by Crippen LogP contribution is 2.14. The van der Waals surface area contributed by atoms with Gasteiger partial charge in [-0.3, -0.25) is 4.68 Å². The van der Waals surface area contributed by atoms with Crippen LogP contribution in [0.15, 0.2) is 24.3 Å². The average molecular weight is 354 g/mol. The van der Waals surface area contributed by atoms with Gasteiger partial charge < -0.3 is 15.2 Å². The number of carbonyl (C=O) groups is 1. The summed E-state index contributed by atoms with van der Waals surface area (Å²) in [7, 11) is 1.77. The van der Waals surface area contributed by atoms with Crippen molar-refractivity contribution >= 4 is 17.1 Å². The van der Waals surface area contributed by atoms with Gasteiger partial charge in [0.05, 0.1) is 29.3 Å². The highest BCUT2D eigenvalue weighted by Gasteiger charge is 2.15. The van der Waals surface area contributed by atoms with Gasteiger partial charge in [-0.05, 0) is 51.5 Å². The highest BCUT2D eigenvalue weighted by atomic mass is 16.2. The summed E-state index contributed by atoms with van der Waals surface area (Å²) in [6.45, 7) is 9.02. The summed E-state index contributed by atoms with van der Waals surface area (Å²) in [6.07, 6.45) is 0. The molecule has 0 aliphatic carbocycles. The van der Waals surface area contributed by atoms with Gasteiger partial charge in [0.25, 0.3) is 0 Å². The number of hydrogen-bond donors (Lipinski definition) is 2. The zero-order valence-corrected chi connectivity index (χ0v) is 16.0. The first-order valence-corrected chi connectivity index (χ1v) is 8.80. The molecular weight excluding hydrogens is 328 g/mol. The van der Waals surface area contributed by atoms with Gasteiger partial charge in [0, 0.05) is 19.3 Å². The summed E-state index contributed by atoms with van der Waals surface area (Å²) in [5.74, 6) is 0.773. The Bertz CT molecular complexity index is 925. The number of imidazole rings is 1. The SMILES string of the molecule is Cc1ccc2nc(CN(C)C(=O)NCC(C)n3nc(C)cc3C)[nH]c2c1. The summed E-state index contributed by atoms with van der Waals surface area (Å²) in [6, 6.07) is 8.07. The van der Waals surface area contributed by atoms with Gasteiger partial charge in [-0.1, -0.05) is 6.07 Å². The van der Waals surface area contributed by atoms with Crippen LogP contribution in [-0.2, 0) is 6.54 Å². The van der Waals surface area contributed by atoms with E-state index in [1.54, 1.807) is 11.9 Å². The lowest BCUT2D eigenvalue weighted by Crippen LogP contribution is -2.39. The highest BCUT2D eigenvalue weighted by molar-refractivity contribution is 5.76. The lowest BCUT2D eigenvalue weighted by molar-refractivity contribution is 0.204. The standard InChI is InChI=1S/C19H26N6O/c1-12-6-7-16-17(8-12)22-18(21-16)11-24(5)19(26)20-10-15(4)25-14(3)9-13(2)23-25/h6-9,15H,10-11H2,1-5H3,(H,20,26)(H,21,22). The molecule has 0 bridgehead atoms. The quantitative estimate of drug-likeness (QED) is 0.739. The second-order valence-electron chi connectivity index (χ2n) is 6.97. The van der Waals surface area contributed by atoms with Gasteiger partial charge in [-0.2, -0.15) is 5.10 Å². The van der Waals surface area contributed by atoms with Gasteiger partial charge in [-0.15, -0.1) is 0 Å². The molecule has 0 aliphatic heterocycles. The van der Waals surface area contributed by atoms with Crippen LogP contribution in [0.4, 0.5) is 4.79 Å². The molecule has 3 rings (SSSR count). The number of aryl methyl sites for hydroxylation is 3. The van der Waals surface area contributed by atoms with E-state index in [2.05, 4.69) is 26.4 Å². The zero-order chi connectivity index (χ0) is 18.8. The molecule has 7 heteroatoms. The molecule has 0 saturated carbocycles. The summed E-state index contributed by atoms with van der Waals surface area (Å²) in [4.78, 5) is 21.8. The summed E-state index contributed by atoms with van der Waals surface area (Å²) in [5.41, 5.74) is 5.16. The fraction of sp³-hybridized carbons (Fsp3) is 0.421. The minimum Gasteiger partial charge on any atom is -0.340 e. The molecule has 1 atom stereocenters. The van der Waals surface area contributed by atoms with Crippen molar-refractivity contribution in [3.8, 4) is 0 Å². The molecule has 0 radical (unpaired) electrons. The molecule has 0 saturated heterocycles. The Morgan fingerprint density at radius 2 is 2.08 bits per heavy atom. The van der Waals surface area contributed by atoms with Crippen LogP contribution in [0.2, 0.25) is 0 Å². The van der Waals surface area contributed by atoms with Crippen LogP contribution in [0.25, 0.3) is 11.0 Å². The summed E-state index contributed by atoms with van der Waals surface area (Å²) < 4.78 is 1.94. The predicted octanol–water partition coefficient (Wildman–Crippen LogP) is 3.09. The minimum absolute atomic E-state index is 0.0928. The number of amides is 2. The van der Waals surface area contributed by atoms with Crippen molar-refractivity contribution < 1.29 is 4.79 Å². The van der Waals surface area contributed by atoms with Crippen molar-refractivity contribution in [2.75, 3.05) is 13.6 Å². The number of aromatic amines is 1. The smallest absolute Gasteiger partial charge is 0.317 e. The van der Waals surface area contributed by atoms with Crippen LogP contribution in [0.1, 0.15) is 35.7 Å². The Morgan fingerprint density at radius 1 is 1.31 bits per heavy atom. The van der Waals surface area contributed by atoms with Gasteiger partial charge in [-0.25, -0.2) is 9.78 Å². The van der Waals surface area contributed by atoms with Crippen LogP contribution in [0, 0.1) is 20.8 Å². The average Bonchev–Trinajstić information content (AvgIpc) is 3.13. The third-order valence-electron chi connectivity index (χ3n) is 4.43. The molecule has 7 nitrogen and oxygen atoms in total. The number of nitrogens with zero attached hydrogens (tertiary/aromatic N) is 4. The number of fused-ring (bicyclic) bond motifs is 1. The number of carbonyl (C=O) groups excluding carboxylic acids is 1. The third-order valence-corrected chi connectivity index (χ3v) is 4.43. The summed E-state index contributed by atoms with van der Waals surface area (Å²) in [5, 5.41) is 7.43. The van der Waals surface area contributed by atoms with Crippen molar-refractivity contribution in [1.82, 2.24) is 30.0 Å². The van der Waals surface area contributed by atoms with Crippen molar-refractivity contribution in [2.45, 2.75) is 40.3 Å². The van der Waals surface area contributed by atoms with E-state index in [-0.39, 0.29) is 12.1 Å². The molecular formula is C19H26N6O. The Morgan fingerprint density at radius 3 is 2.77 bits per heavy atom. The zero-order valence-electron chi connectivity index (χ0n) is 16.0. The van der Waals surface area contributed by atoms with Crippen molar-refractivity contribution in [3.05, 3.63) is 47.0 Å². The van der Waals surface area contributed by atoms with Gasteiger partial charge in [0.2, 0.25) is 0 Å². The van der Waals surface area contributed by atoms with E-state index >= 15 is 0 Å². The van der Waals surface area contributed by atoms with Crippen molar-refractivity contribution in [1.29, 1.82) is 0 Å². The number of aromatic nitrogens is 4. The lowest BCUT2D eigenvalue weighted by Gasteiger charge is -2.20. The van der Waals surface area contributed by atoms with E-state index < -0.39 is 0 Å². The van der Waals surface area contributed by atoms with E-state index in [4.69, 9.17) is 0 Å². The molecule has 138 valence electrons. The molecule has 2 heterocycles. The van der Waals surface area contributed by atoms with Crippen LogP contribution in [-0.4, -0.2) is 44.3 Å². The van der Waals surface area contributed by atoms with Crippen LogP contribution in [0.3, 0.4) is 0 Å². The van der Waals surface area contributed by atoms with Crippen LogP contribution < -0.4 is 5.32 Å². The first kappa shape index (κ1) is 18.0. The van der Waals surface area contributed by atoms with Crippen LogP contribution >= 0.6 is 0 Å². The molecule has 1 aromatic carbocycles. The second-order valence-corrected chi connectivity index (χ2v) is 6.97. The van der Waals surface area contributed by atoms with E-state index in [0.29, 0.717) is 13.1 Å². The van der Waals surface area contributed by atoms with E-state index in [1.807, 2.05) is 50.6 Å². The number of urea groups is 1. The molecule has 2 amide bonds. The van der Waals surface area contributed by atoms with E-state index in [1.165, 1.54) is 5.56 Å². The Balaban J connectivity index is 1.57. The molecule has 1 unspecified atom stereocenters. The van der Waals surface area contributed by atoms with Gasteiger partial charge in [0.15, 0.2) is 0 Å². The fourth-order valence-corrected chi connectivity index (χ4v) is 3.10. The Hall–Kier alpha value is -2.83. The van der Waals surface area contributed by atoms with Crippen molar-refractivity contribution in [3.63, 3.8) is 0 Å². The number of hydrogen-bond acceptors (Lipinski definition) is 3. The molecule has 0 fully saturated rings. The first-order chi connectivity index (χ1) is 12.3. The maximum Gasteiger partial charge on any atom is 0.317 e. The summed E-state index contributed by atoms with van der Waals surface area (Å²) >= 11 is 0. The molecule has 26 heavy (non-hydrogen) atoms. The molecule has 2 N–H and O–H groups in total. The number of H-pyrrole nitrogens is 1. The second kappa shape index (κ2) is 7.19. The van der Waals surface area contributed by atoms with Crippen molar-refractivity contribution in [2.24, 2.45) is 0 Å². The topological polar surface area (TPSA) is 78.8 Å². The largest absolute Gasteiger partial charge is 0.340 e. The molecule has 0 spiro atoms. The molecule has 2 aromatic heterocycles. The van der Waals surface area contributed by atoms with Gasteiger partial charge >= 0.3 is 6.03 Å². The van der Waals surface area contributed by atoms with E-state index in [9.17, 15) is 4.79 Å². The minimum atomic E-state index is -0.130. The Kier molecular flexibility index (Phi) is 4.97. The molecule has 0 aliphatic rings. The Labute approximate surface area is 153 Å². The first-order valence-electron chi connectivity index (χ1n) is 8.80. The molecule has 3 aromatic rings. The maximum atomic E-state index is 12.4. The lowest BCUT2D eigenvalue weighted by atomic mass is 10.2. The monoisotopic (exact) mass is 354 g/mol. The van der Waals surface area contributed by atoms with Gasteiger partial charge in [0.1, 0.15) is 5.82 Å². The fourth-order valence-electron chi connectivity index (χ4n) is 3.10. The van der Waals surface area contributed by atoms with Crippen LogP contribution in [0.5, 0.6) is 0 Å². The normalized spacial score (nSPS) is 12.3. The van der Waals surface area contributed by atoms with E-state index in [0.717, 1.165) is 28.2 Å². The number of benzene rings is 1. The number of rotatable bonds is 5. The maximum absolute atomic E-state index is 12.4. The number of nitrogens with one attached hydrogen (secondary N) is 2. The predicted molar refractivity (Wildman–Crippen MR) is 102 cm³/mol.